The molecule has 0 fully saturated rings. The fourth-order valence-electron chi connectivity index (χ4n) is 1.31. The standard InChI is InChI=1S/C11H10BrFN2O4/c12-5-1-2-7(13)6(3-5)10(17)15-8(11(18)19)4-9(14)16/h1-3,8H,4H2,(H2,14,16)(H,15,17)(H,18,19). The van der Waals surface area contributed by atoms with Gasteiger partial charge in [-0.15, -0.1) is 0 Å². The van der Waals surface area contributed by atoms with Crippen molar-refractivity contribution in [3.63, 3.8) is 0 Å². The van der Waals surface area contributed by atoms with Crippen LogP contribution in [0.25, 0.3) is 0 Å². The molecule has 2 amide bonds. The van der Waals surface area contributed by atoms with Crippen molar-refractivity contribution in [1.29, 1.82) is 0 Å². The van der Waals surface area contributed by atoms with E-state index in [4.69, 9.17) is 10.8 Å². The van der Waals surface area contributed by atoms with Gasteiger partial charge < -0.3 is 16.2 Å². The Bertz CT molecular complexity index is 535. The van der Waals surface area contributed by atoms with E-state index in [2.05, 4.69) is 15.9 Å². The van der Waals surface area contributed by atoms with Gasteiger partial charge in [-0.2, -0.15) is 0 Å². The Labute approximate surface area is 115 Å². The predicted octanol–water partition coefficient (Wildman–Crippen LogP) is 0.647. The molecule has 0 bridgehead atoms. The molecule has 1 unspecified atom stereocenters. The van der Waals surface area contributed by atoms with E-state index in [1.54, 1.807) is 0 Å². The van der Waals surface area contributed by atoms with Crippen molar-refractivity contribution >= 4 is 33.7 Å². The molecule has 1 rings (SSSR count). The molecule has 0 radical (unpaired) electrons. The summed E-state index contributed by atoms with van der Waals surface area (Å²) in [6, 6.07) is 2.16. The van der Waals surface area contributed by atoms with Gasteiger partial charge in [-0.3, -0.25) is 9.59 Å². The number of hydrogen-bond donors (Lipinski definition) is 3. The van der Waals surface area contributed by atoms with Gasteiger partial charge in [0.1, 0.15) is 11.9 Å². The lowest BCUT2D eigenvalue weighted by Crippen LogP contribution is -2.43. The van der Waals surface area contributed by atoms with Gasteiger partial charge >= 0.3 is 5.97 Å². The van der Waals surface area contributed by atoms with Crippen molar-refractivity contribution in [3.05, 3.63) is 34.1 Å². The maximum absolute atomic E-state index is 13.4. The second kappa shape index (κ2) is 6.28. The molecule has 1 aromatic carbocycles. The molecule has 0 aliphatic heterocycles. The van der Waals surface area contributed by atoms with Crippen LogP contribution in [0, 0.1) is 5.82 Å². The highest BCUT2D eigenvalue weighted by Gasteiger charge is 2.24. The Hall–Kier alpha value is -1.96. The van der Waals surface area contributed by atoms with Crippen LogP contribution in [0.3, 0.4) is 0 Å². The highest BCUT2D eigenvalue weighted by atomic mass is 79.9. The zero-order valence-electron chi connectivity index (χ0n) is 9.52. The fraction of sp³-hybridized carbons (Fsp3) is 0.182. The summed E-state index contributed by atoms with van der Waals surface area (Å²) in [7, 11) is 0. The lowest BCUT2D eigenvalue weighted by Gasteiger charge is -2.13. The number of aliphatic carboxylic acids is 1. The van der Waals surface area contributed by atoms with E-state index in [9.17, 15) is 18.8 Å². The normalized spacial score (nSPS) is 11.7. The van der Waals surface area contributed by atoms with Crippen molar-refractivity contribution in [2.75, 3.05) is 0 Å². The maximum Gasteiger partial charge on any atom is 0.326 e. The third-order valence-electron chi connectivity index (χ3n) is 2.18. The molecule has 1 aromatic rings. The van der Waals surface area contributed by atoms with Gasteiger partial charge in [0.25, 0.3) is 5.91 Å². The Balaban J connectivity index is 2.90. The van der Waals surface area contributed by atoms with Gasteiger partial charge in [0.2, 0.25) is 5.91 Å². The van der Waals surface area contributed by atoms with Crippen LogP contribution in [0.15, 0.2) is 22.7 Å². The molecular weight excluding hydrogens is 323 g/mol. The van der Waals surface area contributed by atoms with Crippen LogP contribution >= 0.6 is 15.9 Å². The lowest BCUT2D eigenvalue weighted by molar-refractivity contribution is -0.140. The first-order chi connectivity index (χ1) is 8.81. The Morgan fingerprint density at radius 2 is 2.05 bits per heavy atom. The molecular formula is C11H10BrFN2O4. The summed E-state index contributed by atoms with van der Waals surface area (Å²) >= 11 is 3.06. The second-order valence-electron chi connectivity index (χ2n) is 3.66. The molecule has 6 nitrogen and oxygen atoms in total. The highest BCUT2D eigenvalue weighted by molar-refractivity contribution is 9.10. The van der Waals surface area contributed by atoms with Crippen LogP contribution in [0.1, 0.15) is 16.8 Å². The largest absolute Gasteiger partial charge is 0.480 e. The Kier molecular flexibility index (Phi) is 4.99. The number of nitrogens with one attached hydrogen (secondary N) is 1. The molecule has 0 spiro atoms. The third kappa shape index (κ3) is 4.32. The molecule has 8 heteroatoms. The number of benzene rings is 1. The number of carboxylic acids is 1. The Morgan fingerprint density at radius 1 is 1.42 bits per heavy atom. The van der Waals surface area contributed by atoms with Crippen LogP contribution in [0.2, 0.25) is 0 Å². The van der Waals surface area contributed by atoms with E-state index < -0.39 is 36.1 Å². The minimum atomic E-state index is -1.50. The number of amides is 2. The molecule has 19 heavy (non-hydrogen) atoms. The zero-order valence-corrected chi connectivity index (χ0v) is 11.1. The van der Waals surface area contributed by atoms with Gasteiger partial charge in [0, 0.05) is 4.47 Å². The lowest BCUT2D eigenvalue weighted by atomic mass is 10.1. The van der Waals surface area contributed by atoms with E-state index >= 15 is 0 Å². The molecule has 0 aromatic heterocycles. The first-order valence-corrected chi connectivity index (χ1v) is 5.87. The van der Waals surface area contributed by atoms with Crippen molar-refractivity contribution in [2.24, 2.45) is 5.73 Å². The quantitative estimate of drug-likeness (QED) is 0.735. The number of rotatable bonds is 5. The third-order valence-corrected chi connectivity index (χ3v) is 2.68. The van der Waals surface area contributed by atoms with E-state index in [1.165, 1.54) is 12.1 Å². The summed E-state index contributed by atoms with van der Waals surface area (Å²) in [6.07, 6.45) is -0.573. The molecule has 0 saturated heterocycles. The molecule has 0 aliphatic carbocycles. The van der Waals surface area contributed by atoms with Gasteiger partial charge in [0.15, 0.2) is 0 Å². The van der Waals surface area contributed by atoms with E-state index in [0.29, 0.717) is 4.47 Å². The molecule has 4 N–H and O–H groups in total. The number of carbonyl (C=O) groups excluding carboxylic acids is 2. The van der Waals surface area contributed by atoms with E-state index in [-0.39, 0.29) is 5.56 Å². The van der Waals surface area contributed by atoms with Gasteiger partial charge in [-0.25, -0.2) is 9.18 Å². The molecule has 0 aliphatic rings. The van der Waals surface area contributed by atoms with Gasteiger partial charge in [-0.05, 0) is 18.2 Å². The number of carboxylic acid groups (broad SMARTS) is 1. The highest BCUT2D eigenvalue weighted by Crippen LogP contribution is 2.15. The number of carbonyl (C=O) groups is 3. The predicted molar refractivity (Wildman–Crippen MR) is 66.8 cm³/mol. The average Bonchev–Trinajstić information content (AvgIpc) is 2.30. The van der Waals surface area contributed by atoms with Crippen molar-refractivity contribution in [1.82, 2.24) is 5.32 Å². The van der Waals surface area contributed by atoms with E-state index in [0.717, 1.165) is 6.07 Å². The smallest absolute Gasteiger partial charge is 0.326 e. The summed E-state index contributed by atoms with van der Waals surface area (Å²) < 4.78 is 13.9. The fourth-order valence-corrected chi connectivity index (χ4v) is 1.67. The summed E-state index contributed by atoms with van der Waals surface area (Å²) in [6.45, 7) is 0. The molecule has 102 valence electrons. The molecule has 0 heterocycles. The first-order valence-electron chi connectivity index (χ1n) is 5.08. The van der Waals surface area contributed by atoms with Gasteiger partial charge in [-0.1, -0.05) is 15.9 Å². The number of primary amides is 1. The van der Waals surface area contributed by atoms with Crippen molar-refractivity contribution in [2.45, 2.75) is 12.5 Å². The van der Waals surface area contributed by atoms with Crippen LogP contribution in [-0.4, -0.2) is 28.9 Å². The molecule has 0 saturated carbocycles. The second-order valence-corrected chi connectivity index (χ2v) is 4.57. The SMILES string of the molecule is NC(=O)CC(NC(=O)c1cc(Br)ccc1F)C(=O)O. The summed E-state index contributed by atoms with van der Waals surface area (Å²) in [5, 5.41) is 10.8. The van der Waals surface area contributed by atoms with Crippen LogP contribution in [-0.2, 0) is 9.59 Å². The minimum Gasteiger partial charge on any atom is -0.480 e. The first kappa shape index (κ1) is 15.1. The zero-order chi connectivity index (χ0) is 14.6. The maximum atomic E-state index is 13.4. The van der Waals surface area contributed by atoms with Crippen molar-refractivity contribution < 1.29 is 23.9 Å². The number of halogens is 2. The summed E-state index contributed by atoms with van der Waals surface area (Å²) in [4.78, 5) is 33.2. The van der Waals surface area contributed by atoms with Crippen molar-refractivity contribution in [3.8, 4) is 0 Å². The number of nitrogens with two attached hydrogens (primary N) is 1. The summed E-state index contributed by atoms with van der Waals surface area (Å²) in [5.41, 5.74) is 4.54. The topological polar surface area (TPSA) is 109 Å². The summed E-state index contributed by atoms with van der Waals surface area (Å²) in [5.74, 6) is -4.05. The van der Waals surface area contributed by atoms with Crippen LogP contribution < -0.4 is 11.1 Å². The van der Waals surface area contributed by atoms with Gasteiger partial charge in [0.05, 0.1) is 12.0 Å². The number of hydrogen-bond acceptors (Lipinski definition) is 3. The van der Waals surface area contributed by atoms with Crippen LogP contribution in [0.5, 0.6) is 0 Å². The monoisotopic (exact) mass is 332 g/mol. The van der Waals surface area contributed by atoms with E-state index in [1.807, 2.05) is 5.32 Å². The minimum absolute atomic E-state index is 0.329. The van der Waals surface area contributed by atoms with Crippen LogP contribution in [0.4, 0.5) is 4.39 Å². The average molecular weight is 333 g/mol. The molecule has 1 atom stereocenters. The Morgan fingerprint density at radius 3 is 2.58 bits per heavy atom.